The molecule has 254 valence electrons. The Hall–Kier alpha value is -7.10. The van der Waals surface area contributed by atoms with Gasteiger partial charge < -0.3 is 14.8 Å². The lowest BCUT2D eigenvalue weighted by Gasteiger charge is -2.30. The summed E-state index contributed by atoms with van der Waals surface area (Å²) >= 11 is 0. The van der Waals surface area contributed by atoms with Crippen molar-refractivity contribution in [3.8, 4) is 22.3 Å². The third-order valence-electron chi connectivity index (χ3n) is 11.2. The van der Waals surface area contributed by atoms with E-state index in [0.29, 0.717) is 0 Å². The number of nitrogens with zero attached hydrogens (tertiary/aromatic N) is 2. The number of hydrogen-bond donors (Lipinski definition) is 1. The van der Waals surface area contributed by atoms with Gasteiger partial charge in [-0.15, -0.1) is 0 Å². The van der Waals surface area contributed by atoms with Crippen molar-refractivity contribution in [1.82, 2.24) is 4.57 Å². The molecular weight excluding hydrogens is 655 g/mol. The summed E-state index contributed by atoms with van der Waals surface area (Å²) < 4.78 is 2.54. The first-order valence-electron chi connectivity index (χ1n) is 18.6. The van der Waals surface area contributed by atoms with E-state index in [9.17, 15) is 0 Å². The Labute approximate surface area is 314 Å². The summed E-state index contributed by atoms with van der Waals surface area (Å²) in [5, 5.41) is 6.57. The molecule has 8 aromatic carbocycles. The number of aromatic nitrogens is 1. The maximum atomic E-state index is 3.98. The summed E-state index contributed by atoms with van der Waals surface area (Å²) in [6.45, 7) is 0. The van der Waals surface area contributed by atoms with Crippen LogP contribution in [-0.2, 0) is 0 Å². The van der Waals surface area contributed by atoms with Gasteiger partial charge >= 0.3 is 0 Å². The van der Waals surface area contributed by atoms with Crippen molar-refractivity contribution in [2.75, 3.05) is 10.2 Å². The second kappa shape index (κ2) is 12.3. The van der Waals surface area contributed by atoms with Gasteiger partial charge in [0.05, 0.1) is 11.0 Å². The van der Waals surface area contributed by atoms with Crippen LogP contribution in [-0.4, -0.2) is 4.57 Å². The van der Waals surface area contributed by atoms with Crippen LogP contribution in [0.5, 0.6) is 0 Å². The van der Waals surface area contributed by atoms with E-state index in [2.05, 4.69) is 215 Å². The van der Waals surface area contributed by atoms with E-state index < -0.39 is 0 Å². The van der Waals surface area contributed by atoms with E-state index in [1.165, 1.54) is 71.9 Å². The molecule has 9 aromatic rings. The van der Waals surface area contributed by atoms with Crippen molar-refractivity contribution in [1.29, 1.82) is 0 Å². The highest BCUT2D eigenvalue weighted by atomic mass is 15.2. The number of hydrogen-bond acceptors (Lipinski definition) is 2. The lowest BCUT2D eigenvalue weighted by Crippen LogP contribution is -2.21. The lowest BCUT2D eigenvalue weighted by atomic mass is 9.84. The van der Waals surface area contributed by atoms with Gasteiger partial charge in [0.1, 0.15) is 6.17 Å². The first kappa shape index (κ1) is 30.5. The fourth-order valence-electron chi connectivity index (χ4n) is 8.74. The van der Waals surface area contributed by atoms with E-state index in [1.54, 1.807) is 0 Å². The molecule has 1 N–H and O–H groups in total. The van der Waals surface area contributed by atoms with Crippen molar-refractivity contribution in [3.05, 3.63) is 217 Å². The van der Waals surface area contributed by atoms with Crippen LogP contribution in [0.4, 0.5) is 22.7 Å². The molecule has 2 aliphatic heterocycles. The molecule has 0 spiro atoms. The maximum absolute atomic E-state index is 3.98. The number of benzene rings is 8. The van der Waals surface area contributed by atoms with Crippen LogP contribution in [0, 0.1) is 0 Å². The van der Waals surface area contributed by atoms with Crippen molar-refractivity contribution in [3.63, 3.8) is 0 Å². The van der Waals surface area contributed by atoms with Crippen LogP contribution in [0.25, 0.3) is 55.2 Å². The van der Waals surface area contributed by atoms with E-state index >= 15 is 0 Å². The Balaban J connectivity index is 1.01. The third kappa shape index (κ3) is 4.76. The van der Waals surface area contributed by atoms with Gasteiger partial charge in [0.15, 0.2) is 0 Å². The highest BCUT2D eigenvalue weighted by Crippen LogP contribution is 2.54. The van der Waals surface area contributed by atoms with E-state index in [-0.39, 0.29) is 6.17 Å². The first-order valence-corrected chi connectivity index (χ1v) is 18.6. The van der Waals surface area contributed by atoms with Crippen LogP contribution in [0.15, 0.2) is 200 Å². The number of para-hydroxylation sites is 4. The summed E-state index contributed by atoms with van der Waals surface area (Å²) in [6, 6.07) is 72.5. The Kier molecular flexibility index (Phi) is 6.93. The molecule has 3 nitrogen and oxygen atoms in total. The number of fused-ring (bicyclic) bond motifs is 7. The van der Waals surface area contributed by atoms with Gasteiger partial charge in [0.25, 0.3) is 0 Å². The minimum absolute atomic E-state index is 0.0253. The largest absolute Gasteiger partial charge is 0.361 e. The molecule has 54 heavy (non-hydrogen) atoms. The minimum atomic E-state index is -0.0253. The molecule has 11 rings (SSSR count). The zero-order valence-electron chi connectivity index (χ0n) is 29.5. The predicted molar refractivity (Wildman–Crippen MR) is 226 cm³/mol. The second-order valence-corrected chi connectivity index (χ2v) is 14.2. The molecule has 0 aliphatic carbocycles. The summed E-state index contributed by atoms with van der Waals surface area (Å²) in [5.74, 6) is 0. The van der Waals surface area contributed by atoms with Gasteiger partial charge in [-0.25, -0.2) is 0 Å². The molecular formula is C51H35N3. The van der Waals surface area contributed by atoms with Crippen molar-refractivity contribution < 1.29 is 0 Å². The monoisotopic (exact) mass is 689 g/mol. The topological polar surface area (TPSA) is 20.2 Å². The van der Waals surface area contributed by atoms with Gasteiger partial charge in [-0.1, -0.05) is 152 Å². The van der Waals surface area contributed by atoms with Crippen LogP contribution in [0.3, 0.4) is 0 Å². The molecule has 1 atom stereocenters. The summed E-state index contributed by atoms with van der Waals surface area (Å²) in [6.07, 6.45) is -0.0253. The Morgan fingerprint density at radius 1 is 0.407 bits per heavy atom. The van der Waals surface area contributed by atoms with Crippen LogP contribution < -0.4 is 10.2 Å². The maximum Gasteiger partial charge on any atom is 0.131 e. The predicted octanol–water partition coefficient (Wildman–Crippen LogP) is 13.5. The molecule has 3 heterocycles. The SMILES string of the molecule is c1ccc(-c2ccc3c4cccc5c4n(c3c2)C2Nc3ccccc3C(c3ccc(-c4ccc(N(c6ccccc6)c6ccccc6)cc4)cc3)=C52)cc1. The van der Waals surface area contributed by atoms with Crippen molar-refractivity contribution in [2.24, 2.45) is 0 Å². The quantitative estimate of drug-likeness (QED) is 0.188. The highest BCUT2D eigenvalue weighted by Gasteiger charge is 2.38. The second-order valence-electron chi connectivity index (χ2n) is 14.2. The fourth-order valence-corrected chi connectivity index (χ4v) is 8.74. The first-order chi connectivity index (χ1) is 26.8. The zero-order valence-corrected chi connectivity index (χ0v) is 29.5. The van der Waals surface area contributed by atoms with Gasteiger partial charge in [-0.2, -0.15) is 0 Å². The van der Waals surface area contributed by atoms with E-state index in [4.69, 9.17) is 0 Å². The van der Waals surface area contributed by atoms with Gasteiger partial charge in [-0.05, 0) is 81.9 Å². The number of rotatable bonds is 6. The normalized spacial score (nSPS) is 14.2. The van der Waals surface area contributed by atoms with Gasteiger partial charge in [0.2, 0.25) is 0 Å². The molecule has 0 bridgehead atoms. The Bertz CT molecular complexity index is 2830. The van der Waals surface area contributed by atoms with Crippen LogP contribution >= 0.6 is 0 Å². The molecule has 0 saturated carbocycles. The highest BCUT2D eigenvalue weighted by molar-refractivity contribution is 6.19. The van der Waals surface area contributed by atoms with Gasteiger partial charge in [-0.3, -0.25) is 0 Å². The molecule has 0 radical (unpaired) electrons. The lowest BCUT2D eigenvalue weighted by molar-refractivity contribution is 0.763. The number of anilines is 4. The zero-order chi connectivity index (χ0) is 35.6. The Morgan fingerprint density at radius 3 is 1.65 bits per heavy atom. The summed E-state index contributed by atoms with van der Waals surface area (Å²) in [7, 11) is 0. The molecule has 3 heteroatoms. The average Bonchev–Trinajstić information content (AvgIpc) is 3.76. The van der Waals surface area contributed by atoms with Crippen molar-refractivity contribution in [2.45, 2.75) is 6.17 Å². The third-order valence-corrected chi connectivity index (χ3v) is 11.2. The van der Waals surface area contributed by atoms with Crippen LogP contribution in [0.1, 0.15) is 22.9 Å². The molecule has 1 unspecified atom stereocenters. The summed E-state index contributed by atoms with van der Waals surface area (Å²) in [4.78, 5) is 2.30. The van der Waals surface area contributed by atoms with Crippen molar-refractivity contribution >= 4 is 55.7 Å². The fraction of sp³-hybridized carbons (Fsp3) is 0.0196. The van der Waals surface area contributed by atoms with Crippen LogP contribution in [0.2, 0.25) is 0 Å². The molecule has 0 fully saturated rings. The molecule has 2 aliphatic rings. The minimum Gasteiger partial charge on any atom is -0.361 e. The van der Waals surface area contributed by atoms with E-state index in [0.717, 1.165) is 22.7 Å². The average molecular weight is 690 g/mol. The Morgan fingerprint density at radius 2 is 0.944 bits per heavy atom. The summed E-state index contributed by atoms with van der Waals surface area (Å²) in [5.41, 5.74) is 18.3. The number of nitrogens with one attached hydrogen (secondary N) is 1. The smallest absolute Gasteiger partial charge is 0.131 e. The molecule has 0 amide bonds. The van der Waals surface area contributed by atoms with Gasteiger partial charge in [0, 0.05) is 50.2 Å². The molecule has 1 aromatic heterocycles. The standard InChI is InChI=1S/C51H35N3/c1-4-13-34(14-5-1)38-29-32-42-43-20-12-21-45-49-48(44-19-10-11-22-46(44)52-51(49)54(50(43)45)47(42)33-38)37-25-23-35(24-26-37)36-27-30-41(31-28-36)53(39-15-6-2-7-16-39)40-17-8-3-9-18-40/h1-33,51-52H. The molecule has 0 saturated heterocycles. The van der Waals surface area contributed by atoms with E-state index in [1.807, 2.05) is 0 Å².